The molecule has 0 aliphatic heterocycles. The summed E-state index contributed by atoms with van der Waals surface area (Å²) in [5, 5.41) is 0.631. The number of hydrogen-bond acceptors (Lipinski definition) is 5. The van der Waals surface area contributed by atoms with Crippen LogP contribution in [0.25, 0.3) is 10.9 Å². The summed E-state index contributed by atoms with van der Waals surface area (Å²) in [5.74, 6) is -0.318. The van der Waals surface area contributed by atoms with E-state index >= 15 is 0 Å². The molecule has 90 valence electrons. The summed E-state index contributed by atoms with van der Waals surface area (Å²) >= 11 is 11.7. The van der Waals surface area contributed by atoms with E-state index in [2.05, 4.69) is 9.17 Å². The standard InChI is InChI=1S/C9H5Cl2NO4S.Na/c10-6-4-7(11)9(16-17(13,14)15)8-5(6)2-1-3-12-8;/h1-4H,(H,13,14,15);/q;+1/p-1. The van der Waals surface area contributed by atoms with Gasteiger partial charge in [-0.25, -0.2) is 8.42 Å². The summed E-state index contributed by atoms with van der Waals surface area (Å²) in [6.07, 6.45) is 1.40. The third-order valence-electron chi connectivity index (χ3n) is 1.94. The molecular formula is C9H4Cl2NNaO4S. The van der Waals surface area contributed by atoms with Gasteiger partial charge in [-0.2, -0.15) is 0 Å². The number of pyridine rings is 1. The van der Waals surface area contributed by atoms with Crippen molar-refractivity contribution in [2.45, 2.75) is 0 Å². The number of hydrogen-bond donors (Lipinski definition) is 0. The van der Waals surface area contributed by atoms with Crippen LogP contribution in [0, 0.1) is 0 Å². The van der Waals surface area contributed by atoms with Gasteiger partial charge in [0.15, 0.2) is 5.75 Å². The average molecular weight is 316 g/mol. The Kier molecular flexibility index (Phi) is 5.25. The minimum Gasteiger partial charge on any atom is -0.716 e. The van der Waals surface area contributed by atoms with Crippen molar-refractivity contribution in [1.82, 2.24) is 4.98 Å². The van der Waals surface area contributed by atoms with Crippen molar-refractivity contribution in [2.24, 2.45) is 0 Å². The SMILES string of the molecule is O=S(=O)([O-])Oc1c(Cl)cc(Cl)c2cccnc12.[Na+]. The van der Waals surface area contributed by atoms with Crippen LogP contribution in [-0.2, 0) is 10.4 Å². The molecule has 1 aromatic carbocycles. The Morgan fingerprint density at radius 1 is 1.28 bits per heavy atom. The van der Waals surface area contributed by atoms with Gasteiger partial charge in [-0.1, -0.05) is 23.2 Å². The van der Waals surface area contributed by atoms with E-state index in [-0.39, 0.29) is 50.9 Å². The normalized spacial score (nSPS) is 11.1. The fourth-order valence-corrected chi connectivity index (χ4v) is 2.30. The van der Waals surface area contributed by atoms with Crippen LogP contribution < -0.4 is 33.7 Å². The first-order chi connectivity index (χ1) is 7.88. The van der Waals surface area contributed by atoms with Gasteiger partial charge in [0.1, 0.15) is 5.52 Å². The van der Waals surface area contributed by atoms with Gasteiger partial charge < -0.3 is 8.74 Å². The largest absolute Gasteiger partial charge is 1.00 e. The van der Waals surface area contributed by atoms with Crippen LogP contribution in [0.5, 0.6) is 5.75 Å². The second-order valence-electron chi connectivity index (χ2n) is 3.06. The Hall–Kier alpha value is -0.0800. The van der Waals surface area contributed by atoms with Crippen molar-refractivity contribution in [2.75, 3.05) is 0 Å². The molecule has 0 radical (unpaired) electrons. The van der Waals surface area contributed by atoms with Crippen LogP contribution >= 0.6 is 23.2 Å². The Morgan fingerprint density at radius 2 is 1.94 bits per heavy atom. The van der Waals surface area contributed by atoms with Crippen LogP contribution in [0.1, 0.15) is 0 Å². The third-order valence-corrected chi connectivity index (χ3v) is 2.90. The van der Waals surface area contributed by atoms with Gasteiger partial charge in [0, 0.05) is 11.6 Å². The minimum atomic E-state index is -4.92. The first kappa shape index (κ1) is 16.0. The van der Waals surface area contributed by atoms with Gasteiger partial charge in [0.2, 0.25) is 0 Å². The Morgan fingerprint density at radius 3 is 2.56 bits per heavy atom. The molecule has 2 aromatic rings. The maximum absolute atomic E-state index is 10.6. The molecule has 0 spiro atoms. The molecule has 18 heavy (non-hydrogen) atoms. The minimum absolute atomic E-state index is 0. The van der Waals surface area contributed by atoms with Gasteiger partial charge in [-0.05, 0) is 18.2 Å². The molecule has 0 atom stereocenters. The van der Waals surface area contributed by atoms with Gasteiger partial charge in [0.05, 0.1) is 10.0 Å². The average Bonchev–Trinajstić information content (AvgIpc) is 2.23. The monoisotopic (exact) mass is 315 g/mol. The number of aromatic nitrogens is 1. The second-order valence-corrected chi connectivity index (χ2v) is 4.86. The van der Waals surface area contributed by atoms with Crippen molar-refractivity contribution in [3.63, 3.8) is 0 Å². The molecular weight excluding hydrogens is 312 g/mol. The quantitative estimate of drug-likeness (QED) is 0.419. The third kappa shape index (κ3) is 3.48. The molecule has 0 unspecified atom stereocenters. The van der Waals surface area contributed by atoms with Gasteiger partial charge in [0.25, 0.3) is 10.4 Å². The van der Waals surface area contributed by atoms with E-state index < -0.39 is 10.4 Å². The van der Waals surface area contributed by atoms with E-state index in [9.17, 15) is 13.0 Å². The maximum atomic E-state index is 10.6. The first-order valence-electron chi connectivity index (χ1n) is 4.26. The topological polar surface area (TPSA) is 79.3 Å². The van der Waals surface area contributed by atoms with Crippen molar-refractivity contribution >= 4 is 44.5 Å². The summed E-state index contributed by atoms with van der Waals surface area (Å²) in [7, 11) is -4.92. The van der Waals surface area contributed by atoms with E-state index in [0.29, 0.717) is 5.39 Å². The zero-order valence-corrected chi connectivity index (χ0v) is 13.4. The molecule has 1 aromatic heterocycles. The fourth-order valence-electron chi connectivity index (χ4n) is 1.33. The number of benzene rings is 1. The van der Waals surface area contributed by atoms with Crippen LogP contribution in [0.4, 0.5) is 0 Å². The molecule has 0 aliphatic carbocycles. The van der Waals surface area contributed by atoms with Crippen molar-refractivity contribution in [3.8, 4) is 5.75 Å². The van der Waals surface area contributed by atoms with E-state index in [1.807, 2.05) is 0 Å². The van der Waals surface area contributed by atoms with Gasteiger partial charge >= 0.3 is 29.6 Å². The zero-order valence-electron chi connectivity index (χ0n) is 9.05. The first-order valence-corrected chi connectivity index (χ1v) is 6.35. The number of halogens is 2. The maximum Gasteiger partial charge on any atom is 1.00 e. The van der Waals surface area contributed by atoms with Crippen LogP contribution in [0.15, 0.2) is 24.4 Å². The Balaban J connectivity index is 0.00000162. The zero-order chi connectivity index (χ0) is 12.6. The molecule has 0 bridgehead atoms. The van der Waals surface area contributed by atoms with Gasteiger partial charge in [-0.15, -0.1) is 0 Å². The number of nitrogens with zero attached hydrogens (tertiary/aromatic N) is 1. The van der Waals surface area contributed by atoms with E-state index in [1.54, 1.807) is 12.1 Å². The summed E-state index contributed by atoms with van der Waals surface area (Å²) in [4.78, 5) is 3.89. The van der Waals surface area contributed by atoms with Crippen molar-refractivity contribution in [3.05, 3.63) is 34.4 Å². The predicted molar refractivity (Wildman–Crippen MR) is 62.1 cm³/mol. The smallest absolute Gasteiger partial charge is 0.716 e. The van der Waals surface area contributed by atoms with Crippen LogP contribution in [-0.4, -0.2) is 18.0 Å². The molecule has 0 amide bonds. The predicted octanol–water partition coefficient (Wildman–Crippen LogP) is -0.615. The second kappa shape index (κ2) is 5.92. The fraction of sp³-hybridized carbons (Fsp3) is 0. The van der Waals surface area contributed by atoms with E-state index in [0.717, 1.165) is 0 Å². The molecule has 0 saturated heterocycles. The number of fused-ring (bicyclic) bond motifs is 1. The molecule has 0 N–H and O–H groups in total. The van der Waals surface area contributed by atoms with Crippen molar-refractivity contribution in [1.29, 1.82) is 0 Å². The summed E-state index contributed by atoms with van der Waals surface area (Å²) < 4.78 is 36.0. The molecule has 1 heterocycles. The molecule has 5 nitrogen and oxygen atoms in total. The summed E-state index contributed by atoms with van der Waals surface area (Å²) in [6, 6.07) is 4.50. The Bertz CT molecular complexity index is 692. The molecule has 0 saturated carbocycles. The molecule has 0 aliphatic rings. The van der Waals surface area contributed by atoms with Crippen LogP contribution in [0.3, 0.4) is 0 Å². The van der Waals surface area contributed by atoms with Gasteiger partial charge in [-0.3, -0.25) is 4.98 Å². The molecule has 9 heteroatoms. The van der Waals surface area contributed by atoms with E-state index in [4.69, 9.17) is 23.2 Å². The Labute approximate surface area is 135 Å². The summed E-state index contributed by atoms with van der Waals surface area (Å²) in [5.41, 5.74) is 0.115. The van der Waals surface area contributed by atoms with E-state index in [1.165, 1.54) is 12.3 Å². The van der Waals surface area contributed by atoms with Crippen LogP contribution in [0.2, 0.25) is 10.0 Å². The molecule has 2 rings (SSSR count). The number of rotatable bonds is 2. The molecule has 0 fully saturated rings. The van der Waals surface area contributed by atoms with Crippen molar-refractivity contribution < 1.29 is 46.7 Å². The summed E-state index contributed by atoms with van der Waals surface area (Å²) in [6.45, 7) is 0.